The van der Waals surface area contributed by atoms with Gasteiger partial charge >= 0.3 is 5.97 Å². The van der Waals surface area contributed by atoms with E-state index < -0.39 is 144 Å². The second kappa shape index (κ2) is 36.0. The van der Waals surface area contributed by atoms with Crippen molar-refractivity contribution in [2.45, 2.75) is 159 Å². The third kappa shape index (κ3) is 25.1. The molecule has 0 radical (unpaired) electrons. The van der Waals surface area contributed by atoms with Gasteiger partial charge in [-0.3, -0.25) is 62.5 Å². The molecule has 0 unspecified atom stereocenters. The minimum absolute atomic E-state index is 0.0337. The lowest BCUT2D eigenvalue weighted by atomic mass is 10.00. The number of carbonyl (C=O) groups is 12. The highest BCUT2D eigenvalue weighted by molar-refractivity contribution is 7.80. The van der Waals surface area contributed by atoms with E-state index in [-0.39, 0.29) is 68.6 Å². The highest BCUT2D eigenvalue weighted by atomic mass is 32.1. The predicted molar refractivity (Wildman–Crippen MR) is 313 cm³/mol. The van der Waals surface area contributed by atoms with Gasteiger partial charge in [0.15, 0.2) is 5.96 Å². The highest BCUT2D eigenvalue weighted by Crippen LogP contribution is 2.20. The van der Waals surface area contributed by atoms with Crippen LogP contribution < -0.4 is 81.8 Å². The molecule has 0 saturated carbocycles. The summed E-state index contributed by atoms with van der Waals surface area (Å²) >= 11 is 8.43. The van der Waals surface area contributed by atoms with E-state index in [1.54, 1.807) is 26.1 Å². The number of para-hydroxylation sites is 1. The number of nitrogens with one attached hydrogen (secondary N) is 11. The van der Waals surface area contributed by atoms with Crippen LogP contribution in [-0.2, 0) is 64.0 Å². The number of hydrogen-bond donors (Lipinski definition) is 19. The van der Waals surface area contributed by atoms with Crippen LogP contribution in [0.1, 0.15) is 92.1 Å². The van der Waals surface area contributed by atoms with Crippen molar-refractivity contribution >= 4 is 113 Å². The number of nitrogens with zero attached hydrogens (tertiary/aromatic N) is 1. The number of aliphatic carboxylic acids is 1. The molecule has 0 aliphatic carbocycles. The lowest BCUT2D eigenvalue weighted by Gasteiger charge is -2.27. The first-order chi connectivity index (χ1) is 39.0. The van der Waals surface area contributed by atoms with Crippen LogP contribution in [-0.4, -0.2) is 178 Å². The fourth-order valence-corrected chi connectivity index (χ4v) is 8.42. The number of primary amides is 1. The van der Waals surface area contributed by atoms with Crippen molar-refractivity contribution in [3.8, 4) is 0 Å². The number of hydrogen-bond acceptors (Lipinski definition) is 17. The van der Waals surface area contributed by atoms with Gasteiger partial charge in [0.1, 0.15) is 60.4 Å². The molecule has 11 amide bonds. The summed E-state index contributed by atoms with van der Waals surface area (Å²) in [5, 5.41) is 34.7. The lowest BCUT2D eigenvalue weighted by Crippen LogP contribution is -2.60. The van der Waals surface area contributed by atoms with Crippen molar-refractivity contribution in [2.75, 3.05) is 24.6 Å². The van der Waals surface area contributed by atoms with E-state index in [0.717, 1.165) is 10.9 Å². The molecular formula is C51H83N17O13S2. The van der Waals surface area contributed by atoms with E-state index in [9.17, 15) is 57.5 Å². The molecule has 1 aromatic heterocycles. The van der Waals surface area contributed by atoms with Crippen molar-refractivity contribution in [1.29, 1.82) is 0 Å². The molecule has 1 aromatic carbocycles. The molecule has 32 heteroatoms. The van der Waals surface area contributed by atoms with Crippen LogP contribution in [0.5, 0.6) is 0 Å². The van der Waals surface area contributed by atoms with Crippen LogP contribution in [0.4, 0.5) is 0 Å². The molecular weight excluding hydrogens is 1120 g/mol. The highest BCUT2D eigenvalue weighted by Gasteiger charge is 2.34. The molecule has 0 aliphatic rings. The van der Waals surface area contributed by atoms with Crippen LogP contribution >= 0.6 is 25.3 Å². The van der Waals surface area contributed by atoms with Crippen molar-refractivity contribution in [3.05, 3.63) is 36.0 Å². The van der Waals surface area contributed by atoms with E-state index in [1.165, 1.54) is 27.7 Å². The summed E-state index contributed by atoms with van der Waals surface area (Å²) < 4.78 is 0. The van der Waals surface area contributed by atoms with Crippen molar-refractivity contribution in [2.24, 2.45) is 39.6 Å². The standard InChI is InChI=1S/C51H83N17O13S2/c1-24(2)18-35(47(78)66-36(19-29-21-58-32-13-8-7-12-30(29)32)48(79)63-33(40(54)71)15-11-17-57-51(55)56)65-50(81)38(23-83)68-46(77)34(14-9-10-16-52)64-43(74)27(5)59-42(73)26(4)62-49(80)37(22-82)67-44(75)28(6)60-41(72)25(3)61-45(76)31(53)20-39(69)70/h7-8,12-13,21,24-28,31,33-38,58,82-83H,9-11,14-20,22-23,52-53H2,1-6H3,(H2,54,71)(H,59,73)(H,60,72)(H,61,76)(H,62,80)(H,63,79)(H,64,74)(H,65,81)(H,66,78)(H,67,75)(H,68,77)(H,69,70)(H4,55,56,57)/t25-,26-,27-,28-,31-,33-,34-,35-,36-,37-,38-/m0/s1. The van der Waals surface area contributed by atoms with Gasteiger partial charge < -0.3 is 91.9 Å². The molecule has 462 valence electrons. The number of amides is 11. The van der Waals surface area contributed by atoms with Crippen LogP contribution in [0.2, 0.25) is 0 Å². The average Bonchev–Trinajstić information content (AvgIpc) is 4.01. The Morgan fingerprint density at radius 2 is 0.964 bits per heavy atom. The zero-order valence-corrected chi connectivity index (χ0v) is 49.2. The molecule has 0 aliphatic heterocycles. The fraction of sp³-hybridized carbons (Fsp3) is 0.588. The summed E-state index contributed by atoms with van der Waals surface area (Å²) in [5.74, 6) is -11.4. The van der Waals surface area contributed by atoms with E-state index in [2.05, 4.69) is 88.4 Å². The third-order valence-corrected chi connectivity index (χ3v) is 13.4. The maximum absolute atomic E-state index is 14.3. The Morgan fingerprint density at radius 1 is 0.542 bits per heavy atom. The number of unbranched alkanes of at least 4 members (excludes halogenated alkanes) is 1. The Kier molecular flexibility index (Phi) is 31.0. The monoisotopic (exact) mass is 1210 g/mol. The summed E-state index contributed by atoms with van der Waals surface area (Å²) in [5.41, 5.74) is 29.1. The Bertz CT molecular complexity index is 2620. The zero-order valence-electron chi connectivity index (χ0n) is 47.4. The molecule has 0 saturated heterocycles. The Labute approximate surface area is 491 Å². The van der Waals surface area contributed by atoms with Crippen LogP contribution in [0.3, 0.4) is 0 Å². The van der Waals surface area contributed by atoms with Crippen molar-refractivity contribution < 1.29 is 62.6 Å². The Hall–Kier alpha value is -7.71. The molecule has 2 aromatic rings. The molecule has 22 N–H and O–H groups in total. The maximum atomic E-state index is 14.3. The first-order valence-corrected chi connectivity index (χ1v) is 28.1. The number of aromatic amines is 1. The summed E-state index contributed by atoms with van der Waals surface area (Å²) in [6.45, 7) is 9.16. The van der Waals surface area contributed by atoms with Gasteiger partial charge in [-0.25, -0.2) is 0 Å². The maximum Gasteiger partial charge on any atom is 0.305 e. The summed E-state index contributed by atoms with van der Waals surface area (Å²) in [6.07, 6.45) is 2.19. The van der Waals surface area contributed by atoms with Crippen LogP contribution in [0, 0.1) is 5.92 Å². The lowest BCUT2D eigenvalue weighted by molar-refractivity contribution is -0.139. The predicted octanol–water partition coefficient (Wildman–Crippen LogP) is -4.99. The molecule has 0 bridgehead atoms. The number of nitrogens with two attached hydrogens (primary N) is 5. The summed E-state index contributed by atoms with van der Waals surface area (Å²) in [7, 11) is 0. The number of rotatable bonds is 37. The number of carboxylic acids is 1. The largest absolute Gasteiger partial charge is 0.481 e. The number of benzene rings is 1. The summed E-state index contributed by atoms with van der Waals surface area (Å²) in [6, 6.07) is -6.98. The van der Waals surface area contributed by atoms with Gasteiger partial charge in [0.25, 0.3) is 0 Å². The fourth-order valence-electron chi connectivity index (χ4n) is 7.91. The van der Waals surface area contributed by atoms with Gasteiger partial charge in [0, 0.05) is 41.6 Å². The van der Waals surface area contributed by atoms with Gasteiger partial charge in [-0.15, -0.1) is 0 Å². The van der Waals surface area contributed by atoms with Crippen molar-refractivity contribution in [3.63, 3.8) is 0 Å². The van der Waals surface area contributed by atoms with E-state index in [0.29, 0.717) is 18.4 Å². The number of guanidine groups is 1. The van der Waals surface area contributed by atoms with E-state index in [1.807, 2.05) is 18.2 Å². The minimum atomic E-state index is -1.43. The number of aromatic nitrogens is 1. The quantitative estimate of drug-likeness (QED) is 0.0130. The van der Waals surface area contributed by atoms with Crippen LogP contribution in [0.25, 0.3) is 10.9 Å². The van der Waals surface area contributed by atoms with Gasteiger partial charge in [-0.2, -0.15) is 25.3 Å². The van der Waals surface area contributed by atoms with Gasteiger partial charge in [0.2, 0.25) is 65.0 Å². The molecule has 30 nitrogen and oxygen atoms in total. The molecule has 1 heterocycles. The van der Waals surface area contributed by atoms with Crippen molar-refractivity contribution in [1.82, 2.24) is 58.2 Å². The second-order valence-corrected chi connectivity index (χ2v) is 20.9. The van der Waals surface area contributed by atoms with E-state index >= 15 is 0 Å². The van der Waals surface area contributed by atoms with Crippen LogP contribution in [0.15, 0.2) is 35.5 Å². The van der Waals surface area contributed by atoms with Gasteiger partial charge in [-0.05, 0) is 90.3 Å². The Balaban J connectivity index is 2.18. The smallest absolute Gasteiger partial charge is 0.305 e. The third-order valence-electron chi connectivity index (χ3n) is 12.6. The number of carboxylic acid groups (broad SMARTS) is 1. The Morgan fingerprint density at radius 3 is 1.48 bits per heavy atom. The number of fused-ring (bicyclic) bond motifs is 1. The normalized spacial score (nSPS) is 15.1. The topological polar surface area (TPSA) is 504 Å². The molecule has 2 rings (SSSR count). The SMILES string of the molecule is CC(C)C[C@H](NC(=O)[C@H](CS)NC(=O)[C@H](CCCCN)NC(=O)[C@H](C)NC(=O)[C@H](C)NC(=O)[C@H](CS)NC(=O)[C@H](C)NC(=O)[C@H](C)NC(=O)[C@@H](N)CC(=O)O)C(=O)N[C@@H](Cc1c[nH]c2ccccc12)C(=O)N[C@@H](CCCN=C(N)N)C(N)=O. The zero-order chi connectivity index (χ0) is 62.7. The minimum Gasteiger partial charge on any atom is -0.481 e. The number of aliphatic imine (C=N–C) groups is 1. The first-order valence-electron chi connectivity index (χ1n) is 26.9. The van der Waals surface area contributed by atoms with Gasteiger partial charge in [0.05, 0.1) is 12.5 Å². The number of carbonyl (C=O) groups excluding carboxylic acids is 11. The average molecular weight is 1210 g/mol. The molecule has 83 heavy (non-hydrogen) atoms. The number of H-pyrrole nitrogens is 1. The molecule has 0 fully saturated rings. The summed E-state index contributed by atoms with van der Waals surface area (Å²) in [4.78, 5) is 164. The van der Waals surface area contributed by atoms with Gasteiger partial charge in [-0.1, -0.05) is 32.0 Å². The second-order valence-electron chi connectivity index (χ2n) is 20.2. The number of thiol groups is 2. The molecule has 0 spiro atoms. The molecule has 11 atom stereocenters. The first kappa shape index (κ1) is 71.4. The van der Waals surface area contributed by atoms with E-state index in [4.69, 9.17) is 33.8 Å².